The standard InChI is InChI=1S/C27H19N4/c1-15-9-10-20-19-7-6-8-21(29-4)25(19)31-22-14-18(16(2)28-3)13-17-11-12-30(5)27(24(17)22)23(15)26(20)31/h6-14,16H,1-2,5H3/q+1. The number of aryl methyl sites for hydroxylation is 2. The van der Waals surface area contributed by atoms with Gasteiger partial charge in [0, 0.05) is 23.9 Å². The van der Waals surface area contributed by atoms with Gasteiger partial charge in [0.25, 0.3) is 0 Å². The number of hydrogen-bond acceptors (Lipinski definition) is 0. The molecule has 4 heteroatoms. The van der Waals surface area contributed by atoms with E-state index in [1.165, 1.54) is 21.9 Å². The van der Waals surface area contributed by atoms with Crippen LogP contribution in [0.5, 0.6) is 0 Å². The first-order chi connectivity index (χ1) is 15.0. The molecular formula is C27H19N4+. The van der Waals surface area contributed by atoms with Gasteiger partial charge in [-0.15, -0.1) is 0 Å². The van der Waals surface area contributed by atoms with Crippen molar-refractivity contribution in [3.63, 3.8) is 0 Å². The Kier molecular flexibility index (Phi) is 3.39. The van der Waals surface area contributed by atoms with Gasteiger partial charge in [0.1, 0.15) is 7.05 Å². The first kappa shape index (κ1) is 17.7. The second kappa shape index (κ2) is 5.94. The Hall–Kier alpha value is -4.15. The molecule has 0 spiro atoms. The van der Waals surface area contributed by atoms with Crippen molar-refractivity contribution in [1.29, 1.82) is 0 Å². The highest BCUT2D eigenvalue weighted by Crippen LogP contribution is 2.43. The molecule has 4 nitrogen and oxygen atoms in total. The second-order valence-corrected chi connectivity index (χ2v) is 8.36. The average molecular weight is 399 g/mol. The number of rotatable bonds is 1. The third-order valence-corrected chi connectivity index (χ3v) is 6.65. The molecule has 0 aliphatic carbocycles. The summed E-state index contributed by atoms with van der Waals surface area (Å²) in [7, 11) is 2.09. The molecule has 6 aromatic rings. The lowest BCUT2D eigenvalue weighted by Crippen LogP contribution is -2.29. The smallest absolute Gasteiger partial charge is 0.246 e. The van der Waals surface area contributed by atoms with Gasteiger partial charge in [-0.05, 0) is 35.4 Å². The number of fused-ring (bicyclic) bond motifs is 5. The summed E-state index contributed by atoms with van der Waals surface area (Å²) in [5.74, 6) is 0. The molecular weight excluding hydrogens is 380 g/mol. The molecule has 146 valence electrons. The lowest BCUT2D eigenvalue weighted by molar-refractivity contribution is -0.643. The summed E-state index contributed by atoms with van der Waals surface area (Å²) in [6.07, 6.45) is 2.11. The van der Waals surface area contributed by atoms with Gasteiger partial charge >= 0.3 is 0 Å². The molecule has 3 heterocycles. The monoisotopic (exact) mass is 399 g/mol. The molecule has 0 aliphatic rings. The van der Waals surface area contributed by atoms with E-state index >= 15 is 0 Å². The molecule has 3 aromatic heterocycles. The molecule has 1 atom stereocenters. The summed E-state index contributed by atoms with van der Waals surface area (Å²) in [5, 5.41) is 5.77. The Balaban J connectivity index is 2.08. The Morgan fingerprint density at radius 1 is 0.968 bits per heavy atom. The summed E-state index contributed by atoms with van der Waals surface area (Å²) in [4.78, 5) is 7.64. The van der Waals surface area contributed by atoms with Crippen LogP contribution in [0.3, 0.4) is 0 Å². The molecule has 0 saturated carbocycles. The summed E-state index contributed by atoms with van der Waals surface area (Å²) >= 11 is 0. The zero-order valence-corrected chi connectivity index (χ0v) is 17.6. The highest BCUT2D eigenvalue weighted by Gasteiger charge is 2.26. The van der Waals surface area contributed by atoms with E-state index in [9.17, 15) is 0 Å². The van der Waals surface area contributed by atoms with Gasteiger partial charge in [0.15, 0.2) is 6.20 Å². The predicted molar refractivity (Wildman–Crippen MR) is 126 cm³/mol. The minimum Gasteiger partial charge on any atom is -0.317 e. The molecule has 1 unspecified atom stereocenters. The highest BCUT2D eigenvalue weighted by molar-refractivity contribution is 6.27. The number of para-hydroxylation sites is 1. The van der Waals surface area contributed by atoms with Gasteiger partial charge in [-0.3, -0.25) is 0 Å². The van der Waals surface area contributed by atoms with Crippen LogP contribution in [0, 0.1) is 20.1 Å². The number of benzene rings is 3. The lowest BCUT2D eigenvalue weighted by atomic mass is 9.97. The largest absolute Gasteiger partial charge is 0.317 e. The van der Waals surface area contributed by atoms with Crippen LogP contribution in [0.25, 0.3) is 58.7 Å². The minimum atomic E-state index is -0.227. The van der Waals surface area contributed by atoms with Crippen LogP contribution in [-0.4, -0.2) is 4.40 Å². The summed E-state index contributed by atoms with van der Waals surface area (Å²) < 4.78 is 4.47. The van der Waals surface area contributed by atoms with Crippen LogP contribution in [0.2, 0.25) is 0 Å². The van der Waals surface area contributed by atoms with E-state index in [4.69, 9.17) is 13.1 Å². The van der Waals surface area contributed by atoms with Crippen LogP contribution in [0.4, 0.5) is 5.69 Å². The van der Waals surface area contributed by atoms with Crippen molar-refractivity contribution >= 4 is 54.7 Å². The van der Waals surface area contributed by atoms with Crippen molar-refractivity contribution < 1.29 is 4.57 Å². The fourth-order valence-electron chi connectivity index (χ4n) is 5.16. The molecule has 0 bridgehead atoms. The van der Waals surface area contributed by atoms with E-state index in [0.29, 0.717) is 5.69 Å². The number of pyridine rings is 2. The molecule has 3 aromatic carbocycles. The highest BCUT2D eigenvalue weighted by atomic mass is 15.0. The fraction of sp³-hybridized carbons (Fsp3) is 0.148. The van der Waals surface area contributed by atoms with E-state index in [1.807, 2.05) is 19.1 Å². The molecule has 31 heavy (non-hydrogen) atoms. The van der Waals surface area contributed by atoms with Gasteiger partial charge in [0.2, 0.25) is 17.2 Å². The SMILES string of the molecule is [C-]#[N+]c1cccc2c3ccc(C)c4c3n(c3cc(C(C)[N+]#[C-])cc5cc[n+](C)c4c53)c12. The average Bonchev–Trinajstić information content (AvgIpc) is 3.13. The van der Waals surface area contributed by atoms with Gasteiger partial charge in [0.05, 0.1) is 33.9 Å². The van der Waals surface area contributed by atoms with Crippen molar-refractivity contribution in [1.82, 2.24) is 4.40 Å². The van der Waals surface area contributed by atoms with Crippen molar-refractivity contribution in [2.45, 2.75) is 19.9 Å². The van der Waals surface area contributed by atoms with Crippen molar-refractivity contribution in [3.8, 4) is 0 Å². The zero-order chi connectivity index (χ0) is 21.4. The van der Waals surface area contributed by atoms with Crippen molar-refractivity contribution in [2.75, 3.05) is 0 Å². The Bertz CT molecular complexity index is 1790. The Labute approximate surface area is 179 Å². The molecule has 0 radical (unpaired) electrons. The van der Waals surface area contributed by atoms with E-state index < -0.39 is 0 Å². The first-order valence-corrected chi connectivity index (χ1v) is 10.3. The van der Waals surface area contributed by atoms with Crippen LogP contribution in [0.15, 0.2) is 54.7 Å². The van der Waals surface area contributed by atoms with E-state index in [-0.39, 0.29) is 6.04 Å². The Morgan fingerprint density at radius 2 is 1.77 bits per heavy atom. The summed E-state index contributed by atoms with van der Waals surface area (Å²) in [5.41, 5.74) is 7.22. The molecule has 0 fully saturated rings. The number of nitrogens with zero attached hydrogens (tertiary/aromatic N) is 4. The lowest BCUT2D eigenvalue weighted by Gasteiger charge is -2.14. The van der Waals surface area contributed by atoms with E-state index in [0.717, 1.165) is 38.3 Å². The maximum atomic E-state index is 7.82. The second-order valence-electron chi connectivity index (χ2n) is 8.36. The van der Waals surface area contributed by atoms with Gasteiger partial charge in [-0.25, -0.2) is 16.0 Å². The predicted octanol–water partition coefficient (Wildman–Crippen LogP) is 6.65. The van der Waals surface area contributed by atoms with Crippen LogP contribution in [0.1, 0.15) is 24.1 Å². The normalized spacial score (nSPS) is 12.8. The van der Waals surface area contributed by atoms with Crippen LogP contribution in [-0.2, 0) is 7.05 Å². The van der Waals surface area contributed by atoms with Gasteiger partial charge in [-0.1, -0.05) is 30.3 Å². The quantitative estimate of drug-likeness (QED) is 0.127. The third-order valence-electron chi connectivity index (χ3n) is 6.65. The minimum absolute atomic E-state index is 0.227. The zero-order valence-electron chi connectivity index (χ0n) is 17.6. The Morgan fingerprint density at radius 3 is 2.55 bits per heavy atom. The molecule has 0 N–H and O–H groups in total. The summed E-state index contributed by atoms with van der Waals surface area (Å²) in [6.45, 7) is 19.5. The number of aromatic nitrogens is 2. The van der Waals surface area contributed by atoms with E-state index in [1.54, 1.807) is 0 Å². The van der Waals surface area contributed by atoms with Crippen LogP contribution >= 0.6 is 0 Å². The third kappa shape index (κ3) is 2.09. The maximum Gasteiger partial charge on any atom is 0.246 e. The summed E-state index contributed by atoms with van der Waals surface area (Å²) in [6, 6.07) is 16.5. The van der Waals surface area contributed by atoms with E-state index in [2.05, 4.69) is 75.2 Å². The van der Waals surface area contributed by atoms with Crippen molar-refractivity contribution in [2.24, 2.45) is 7.05 Å². The number of hydrogen-bond donors (Lipinski definition) is 0. The molecule has 0 amide bonds. The molecule has 0 saturated heterocycles. The molecule has 6 rings (SSSR count). The maximum absolute atomic E-state index is 7.82. The molecule has 0 aliphatic heterocycles. The topological polar surface area (TPSA) is 17.0 Å². The first-order valence-electron chi connectivity index (χ1n) is 10.3. The van der Waals surface area contributed by atoms with Gasteiger partial charge < -0.3 is 9.25 Å². The van der Waals surface area contributed by atoms with Gasteiger partial charge in [-0.2, -0.15) is 0 Å². The van der Waals surface area contributed by atoms with Crippen molar-refractivity contribution in [3.05, 3.63) is 88.7 Å². The fourth-order valence-corrected chi connectivity index (χ4v) is 5.16. The van der Waals surface area contributed by atoms with Crippen LogP contribution < -0.4 is 4.57 Å².